The fourth-order valence-electron chi connectivity index (χ4n) is 3.57. The van der Waals surface area contributed by atoms with Gasteiger partial charge in [0, 0.05) is 23.3 Å². The molecule has 178 valence electrons. The first-order chi connectivity index (χ1) is 17.3. The molecule has 0 fully saturated rings. The number of carbonyl (C=O) groups is 2. The highest BCUT2D eigenvalue weighted by Gasteiger charge is 2.14. The Kier molecular flexibility index (Phi) is 5.37. The van der Waals surface area contributed by atoms with Crippen LogP contribution in [-0.4, -0.2) is 62.4 Å². The Morgan fingerprint density at radius 2 is 1.08 bits per heavy atom. The van der Waals surface area contributed by atoms with Crippen LogP contribution in [0.4, 0.5) is 0 Å². The molecule has 12 nitrogen and oxygen atoms in total. The number of phenols is 2. The van der Waals surface area contributed by atoms with E-state index in [-0.39, 0.29) is 22.6 Å². The van der Waals surface area contributed by atoms with E-state index < -0.39 is 11.9 Å². The van der Waals surface area contributed by atoms with Crippen LogP contribution in [0.5, 0.6) is 11.5 Å². The van der Waals surface area contributed by atoms with Gasteiger partial charge in [0.05, 0.1) is 23.8 Å². The first kappa shape index (κ1) is 22.3. The molecule has 0 unspecified atom stereocenters. The van der Waals surface area contributed by atoms with E-state index in [0.717, 1.165) is 11.1 Å². The Balaban J connectivity index is 1.42. The van der Waals surface area contributed by atoms with Gasteiger partial charge in [0.15, 0.2) is 0 Å². The van der Waals surface area contributed by atoms with Gasteiger partial charge < -0.3 is 20.4 Å². The number of aromatic nitrogens is 6. The third-order valence-corrected chi connectivity index (χ3v) is 5.39. The molecule has 4 N–H and O–H groups in total. The second-order valence-corrected chi connectivity index (χ2v) is 7.69. The van der Waals surface area contributed by atoms with Crippen molar-refractivity contribution in [2.75, 3.05) is 0 Å². The summed E-state index contributed by atoms with van der Waals surface area (Å²) in [7, 11) is 0. The van der Waals surface area contributed by atoms with Crippen LogP contribution >= 0.6 is 0 Å². The summed E-state index contributed by atoms with van der Waals surface area (Å²) >= 11 is 0. The zero-order valence-corrected chi connectivity index (χ0v) is 18.2. The van der Waals surface area contributed by atoms with E-state index >= 15 is 0 Å². The van der Waals surface area contributed by atoms with Crippen molar-refractivity contribution < 1.29 is 30.0 Å². The van der Waals surface area contributed by atoms with E-state index in [0.29, 0.717) is 22.8 Å². The average molecular weight is 484 g/mol. The number of benzene rings is 3. The number of carboxylic acids is 2. The zero-order valence-electron chi connectivity index (χ0n) is 18.2. The van der Waals surface area contributed by atoms with Crippen LogP contribution in [0.15, 0.2) is 73.1 Å². The maximum Gasteiger partial charge on any atom is 0.339 e. The monoisotopic (exact) mass is 484 g/mol. The molecule has 2 heterocycles. The molecule has 0 radical (unpaired) electrons. The van der Waals surface area contributed by atoms with E-state index in [9.17, 15) is 19.8 Å². The van der Waals surface area contributed by atoms with Gasteiger partial charge >= 0.3 is 11.9 Å². The van der Waals surface area contributed by atoms with Crippen LogP contribution in [0.1, 0.15) is 20.7 Å². The molecule has 0 aliphatic rings. The lowest BCUT2D eigenvalue weighted by Gasteiger charge is -2.04. The molecule has 5 rings (SSSR count). The van der Waals surface area contributed by atoms with Crippen molar-refractivity contribution in [3.8, 4) is 45.4 Å². The summed E-state index contributed by atoms with van der Waals surface area (Å²) in [5.41, 5.74) is 2.95. The Morgan fingerprint density at radius 3 is 1.47 bits per heavy atom. The Bertz CT molecular complexity index is 1520. The van der Waals surface area contributed by atoms with Crippen molar-refractivity contribution in [2.24, 2.45) is 0 Å². The molecule has 0 atom stereocenters. The van der Waals surface area contributed by atoms with Crippen molar-refractivity contribution in [1.29, 1.82) is 0 Å². The topological polar surface area (TPSA) is 176 Å². The summed E-state index contributed by atoms with van der Waals surface area (Å²) in [6.07, 6.45) is 3.27. The van der Waals surface area contributed by atoms with Crippen molar-refractivity contribution in [3.05, 3.63) is 84.2 Å². The second-order valence-electron chi connectivity index (χ2n) is 7.69. The van der Waals surface area contributed by atoms with E-state index in [1.54, 1.807) is 12.4 Å². The van der Waals surface area contributed by atoms with Crippen LogP contribution in [-0.2, 0) is 0 Å². The summed E-state index contributed by atoms with van der Waals surface area (Å²) in [4.78, 5) is 22.2. The standard InChI is InChI=1S/C24H16N6O6/c31-21-9-15(4-6-17(21)23(33)34)29-11-19(25-27-29)13-2-1-3-14(8-13)20-12-30(28-26-20)16-5-7-18(24(35)36)22(32)10-16/h1-12,31-32H,(H,33,34)(H,35,36). The van der Waals surface area contributed by atoms with E-state index in [1.807, 2.05) is 24.3 Å². The van der Waals surface area contributed by atoms with Gasteiger partial charge in [-0.1, -0.05) is 28.6 Å². The summed E-state index contributed by atoms with van der Waals surface area (Å²) in [5, 5.41) is 54.5. The summed E-state index contributed by atoms with van der Waals surface area (Å²) < 4.78 is 2.83. The highest BCUT2D eigenvalue weighted by atomic mass is 16.4. The van der Waals surface area contributed by atoms with Gasteiger partial charge in [-0.15, -0.1) is 10.2 Å². The maximum absolute atomic E-state index is 11.1. The molecule has 36 heavy (non-hydrogen) atoms. The number of rotatable bonds is 6. The van der Waals surface area contributed by atoms with Gasteiger partial charge in [0.2, 0.25) is 0 Å². The zero-order chi connectivity index (χ0) is 25.4. The minimum Gasteiger partial charge on any atom is -0.507 e. The van der Waals surface area contributed by atoms with Crippen LogP contribution in [0, 0.1) is 0 Å². The number of hydrogen-bond donors (Lipinski definition) is 4. The van der Waals surface area contributed by atoms with Gasteiger partial charge in [-0.2, -0.15) is 0 Å². The highest BCUT2D eigenvalue weighted by Crippen LogP contribution is 2.27. The van der Waals surface area contributed by atoms with E-state index in [2.05, 4.69) is 20.6 Å². The van der Waals surface area contributed by atoms with Crippen LogP contribution in [0.25, 0.3) is 33.9 Å². The van der Waals surface area contributed by atoms with Gasteiger partial charge in [-0.3, -0.25) is 0 Å². The Morgan fingerprint density at radius 1 is 0.639 bits per heavy atom. The molecule has 12 heteroatoms. The average Bonchev–Trinajstić information content (AvgIpc) is 3.54. The highest BCUT2D eigenvalue weighted by molar-refractivity contribution is 5.91. The molecule has 2 aromatic heterocycles. The van der Waals surface area contributed by atoms with Crippen molar-refractivity contribution in [2.45, 2.75) is 0 Å². The lowest BCUT2D eigenvalue weighted by Crippen LogP contribution is -1.99. The van der Waals surface area contributed by atoms with Gasteiger partial charge in [0.25, 0.3) is 0 Å². The van der Waals surface area contributed by atoms with Crippen LogP contribution in [0.2, 0.25) is 0 Å². The first-order valence-corrected chi connectivity index (χ1v) is 10.4. The molecule has 0 aliphatic heterocycles. The summed E-state index contributed by atoms with van der Waals surface area (Å²) in [6.45, 7) is 0. The lowest BCUT2D eigenvalue weighted by molar-refractivity contribution is 0.0682. The van der Waals surface area contributed by atoms with Gasteiger partial charge in [-0.05, 0) is 30.3 Å². The van der Waals surface area contributed by atoms with E-state index in [4.69, 9.17) is 10.2 Å². The Labute approximate surface area is 201 Å². The molecule has 0 spiro atoms. The molecule has 0 amide bonds. The number of hydrogen-bond acceptors (Lipinski definition) is 8. The minimum absolute atomic E-state index is 0.215. The molecular weight excluding hydrogens is 468 g/mol. The molecule has 0 aliphatic carbocycles. The lowest BCUT2D eigenvalue weighted by atomic mass is 10.1. The largest absolute Gasteiger partial charge is 0.507 e. The molecular formula is C24H16N6O6. The van der Waals surface area contributed by atoms with Gasteiger partial charge in [0.1, 0.15) is 34.0 Å². The van der Waals surface area contributed by atoms with Crippen LogP contribution < -0.4 is 0 Å². The molecule has 0 saturated carbocycles. The number of carboxylic acid groups (broad SMARTS) is 2. The molecule has 3 aromatic carbocycles. The van der Waals surface area contributed by atoms with Crippen molar-refractivity contribution >= 4 is 11.9 Å². The molecule has 0 saturated heterocycles. The smallest absolute Gasteiger partial charge is 0.339 e. The maximum atomic E-state index is 11.1. The van der Waals surface area contributed by atoms with Gasteiger partial charge in [-0.25, -0.2) is 19.0 Å². The normalized spacial score (nSPS) is 10.9. The summed E-state index contributed by atoms with van der Waals surface area (Å²) in [6, 6.07) is 15.5. The molecule has 5 aromatic rings. The second kappa shape index (κ2) is 8.68. The Hall–Kier alpha value is -5.52. The molecule has 0 bridgehead atoms. The minimum atomic E-state index is -1.24. The third-order valence-electron chi connectivity index (χ3n) is 5.39. The predicted molar refractivity (Wildman–Crippen MR) is 124 cm³/mol. The fourth-order valence-corrected chi connectivity index (χ4v) is 3.57. The predicted octanol–water partition coefficient (Wildman–Crippen LogP) is 2.99. The summed E-state index contributed by atoms with van der Waals surface area (Å²) in [5.74, 6) is -3.23. The number of nitrogens with zero attached hydrogens (tertiary/aromatic N) is 6. The van der Waals surface area contributed by atoms with E-state index in [1.165, 1.54) is 45.8 Å². The van der Waals surface area contributed by atoms with Crippen molar-refractivity contribution in [3.63, 3.8) is 0 Å². The van der Waals surface area contributed by atoms with Crippen LogP contribution in [0.3, 0.4) is 0 Å². The number of aromatic hydroxyl groups is 2. The van der Waals surface area contributed by atoms with Crippen molar-refractivity contribution in [1.82, 2.24) is 30.0 Å². The quantitative estimate of drug-likeness (QED) is 0.280. The number of aromatic carboxylic acids is 2. The third kappa shape index (κ3) is 4.09. The SMILES string of the molecule is O=C(O)c1ccc(-n2cc(-c3cccc(-c4cn(-c5ccc(C(=O)O)c(O)c5)nn4)c3)nn2)cc1O. The first-order valence-electron chi connectivity index (χ1n) is 10.4. The fraction of sp³-hybridized carbons (Fsp3) is 0.